The monoisotopic (exact) mass is 242 g/mol. The highest BCUT2D eigenvalue weighted by Gasteiger charge is 2.35. The summed E-state index contributed by atoms with van der Waals surface area (Å²) in [4.78, 5) is 13.8. The maximum absolute atomic E-state index is 11.7. The number of amides is 2. The topological polar surface area (TPSA) is 32.3 Å². The number of hydrogen-bond acceptors (Lipinski definition) is 2. The number of rotatable bonds is 3. The van der Waals surface area contributed by atoms with E-state index < -0.39 is 0 Å². The Morgan fingerprint density at radius 2 is 2.06 bits per heavy atom. The van der Waals surface area contributed by atoms with Crippen molar-refractivity contribution in [2.45, 2.75) is 43.3 Å². The van der Waals surface area contributed by atoms with Gasteiger partial charge in [0.25, 0.3) is 0 Å². The van der Waals surface area contributed by atoms with E-state index in [2.05, 4.69) is 11.6 Å². The molecule has 1 saturated heterocycles. The zero-order valence-electron chi connectivity index (χ0n) is 10.1. The molecule has 2 amide bonds. The lowest BCUT2D eigenvalue weighted by Crippen LogP contribution is -2.52. The third-order valence-electron chi connectivity index (χ3n) is 3.85. The molecule has 0 unspecified atom stereocenters. The molecule has 2 aliphatic rings. The van der Waals surface area contributed by atoms with Crippen LogP contribution in [0.5, 0.6) is 0 Å². The highest BCUT2D eigenvalue weighted by molar-refractivity contribution is 8.00. The van der Waals surface area contributed by atoms with Gasteiger partial charge in [-0.05, 0) is 25.5 Å². The van der Waals surface area contributed by atoms with Crippen molar-refractivity contribution in [3.63, 3.8) is 0 Å². The normalized spacial score (nSPS) is 25.3. The Kier molecular flexibility index (Phi) is 4.00. The third-order valence-corrected chi connectivity index (χ3v) is 5.25. The van der Waals surface area contributed by atoms with Gasteiger partial charge in [-0.2, -0.15) is 11.8 Å². The van der Waals surface area contributed by atoms with Crippen molar-refractivity contribution in [2.24, 2.45) is 0 Å². The van der Waals surface area contributed by atoms with Gasteiger partial charge in [0.05, 0.1) is 0 Å². The van der Waals surface area contributed by atoms with E-state index in [1.807, 2.05) is 16.7 Å². The van der Waals surface area contributed by atoms with Gasteiger partial charge in [0, 0.05) is 24.4 Å². The van der Waals surface area contributed by atoms with Gasteiger partial charge in [0.15, 0.2) is 0 Å². The molecule has 0 spiro atoms. The SMILES string of the molecule is CSC1(CN2CCCNC2=O)CCCCC1. The maximum Gasteiger partial charge on any atom is 0.317 e. The van der Waals surface area contributed by atoms with E-state index >= 15 is 0 Å². The average molecular weight is 242 g/mol. The van der Waals surface area contributed by atoms with Crippen molar-refractivity contribution in [1.29, 1.82) is 0 Å². The zero-order valence-corrected chi connectivity index (χ0v) is 10.9. The summed E-state index contributed by atoms with van der Waals surface area (Å²) < 4.78 is 0.340. The number of hydrogen-bond donors (Lipinski definition) is 1. The Morgan fingerprint density at radius 1 is 1.31 bits per heavy atom. The van der Waals surface area contributed by atoms with Gasteiger partial charge in [0.1, 0.15) is 0 Å². The van der Waals surface area contributed by atoms with Crippen LogP contribution in [0.3, 0.4) is 0 Å². The predicted molar refractivity (Wildman–Crippen MR) is 68.9 cm³/mol. The molecule has 2 fully saturated rings. The largest absolute Gasteiger partial charge is 0.338 e. The molecular weight excluding hydrogens is 220 g/mol. The fraction of sp³-hybridized carbons (Fsp3) is 0.917. The minimum absolute atomic E-state index is 0.144. The minimum atomic E-state index is 0.144. The smallest absolute Gasteiger partial charge is 0.317 e. The maximum atomic E-state index is 11.7. The van der Waals surface area contributed by atoms with Gasteiger partial charge in [-0.15, -0.1) is 0 Å². The Morgan fingerprint density at radius 3 is 2.69 bits per heavy atom. The number of thioether (sulfide) groups is 1. The molecule has 1 saturated carbocycles. The van der Waals surface area contributed by atoms with Crippen molar-refractivity contribution in [1.82, 2.24) is 10.2 Å². The fourth-order valence-electron chi connectivity index (χ4n) is 2.80. The van der Waals surface area contributed by atoms with Crippen LogP contribution in [0.25, 0.3) is 0 Å². The molecule has 0 aromatic rings. The van der Waals surface area contributed by atoms with Crippen LogP contribution in [-0.2, 0) is 0 Å². The van der Waals surface area contributed by atoms with Gasteiger partial charge in [-0.25, -0.2) is 4.79 Å². The molecule has 16 heavy (non-hydrogen) atoms. The van der Waals surface area contributed by atoms with Gasteiger partial charge >= 0.3 is 6.03 Å². The highest BCUT2D eigenvalue weighted by atomic mass is 32.2. The highest BCUT2D eigenvalue weighted by Crippen LogP contribution is 2.39. The van der Waals surface area contributed by atoms with Gasteiger partial charge < -0.3 is 10.2 Å². The second-order valence-electron chi connectivity index (χ2n) is 4.95. The molecule has 1 aliphatic heterocycles. The lowest BCUT2D eigenvalue weighted by molar-refractivity contribution is 0.173. The standard InChI is InChI=1S/C12H22N2OS/c1-16-12(6-3-2-4-7-12)10-14-9-5-8-13-11(14)15/h2-10H2,1H3,(H,13,15). The number of carbonyl (C=O) groups excluding carboxylic acids is 1. The Labute approximate surface area is 102 Å². The first-order valence-electron chi connectivity index (χ1n) is 6.34. The Hall–Kier alpha value is -0.380. The summed E-state index contributed by atoms with van der Waals surface area (Å²) in [5, 5.41) is 2.94. The van der Waals surface area contributed by atoms with Crippen molar-refractivity contribution in [3.05, 3.63) is 0 Å². The number of nitrogens with zero attached hydrogens (tertiary/aromatic N) is 1. The first-order valence-corrected chi connectivity index (χ1v) is 7.56. The molecule has 0 radical (unpaired) electrons. The summed E-state index contributed by atoms with van der Waals surface area (Å²) in [6, 6.07) is 0.144. The van der Waals surface area contributed by atoms with Crippen LogP contribution in [0.1, 0.15) is 38.5 Å². The zero-order chi connectivity index (χ0) is 11.4. The van der Waals surface area contributed by atoms with Crippen molar-refractivity contribution < 1.29 is 4.79 Å². The first kappa shape index (κ1) is 12.1. The Balaban J connectivity index is 1.96. The molecule has 1 heterocycles. The van der Waals surface area contributed by atoms with E-state index in [-0.39, 0.29) is 6.03 Å². The summed E-state index contributed by atoms with van der Waals surface area (Å²) in [5.74, 6) is 0. The Bertz CT molecular complexity index is 251. The van der Waals surface area contributed by atoms with Crippen LogP contribution in [0.15, 0.2) is 0 Å². The van der Waals surface area contributed by atoms with Crippen LogP contribution in [-0.4, -0.2) is 41.6 Å². The lowest BCUT2D eigenvalue weighted by Gasteiger charge is -2.41. The lowest BCUT2D eigenvalue weighted by atomic mass is 9.87. The second-order valence-corrected chi connectivity index (χ2v) is 6.23. The van der Waals surface area contributed by atoms with Crippen molar-refractivity contribution in [2.75, 3.05) is 25.9 Å². The summed E-state index contributed by atoms with van der Waals surface area (Å²) in [5.41, 5.74) is 0. The third kappa shape index (κ3) is 2.65. The number of nitrogens with one attached hydrogen (secondary N) is 1. The van der Waals surface area contributed by atoms with E-state index in [9.17, 15) is 4.79 Å². The van der Waals surface area contributed by atoms with Crippen molar-refractivity contribution >= 4 is 17.8 Å². The van der Waals surface area contributed by atoms with Crippen molar-refractivity contribution in [3.8, 4) is 0 Å². The predicted octanol–water partition coefficient (Wildman–Crippen LogP) is 2.47. The van der Waals surface area contributed by atoms with E-state index in [4.69, 9.17) is 0 Å². The molecule has 2 rings (SSSR count). The van der Waals surface area contributed by atoms with Crippen LogP contribution in [0.4, 0.5) is 4.79 Å². The summed E-state index contributed by atoms with van der Waals surface area (Å²) >= 11 is 1.97. The fourth-order valence-corrected chi connectivity index (χ4v) is 3.78. The van der Waals surface area contributed by atoms with Gasteiger partial charge in [-0.1, -0.05) is 19.3 Å². The van der Waals surface area contributed by atoms with Crippen LogP contribution in [0, 0.1) is 0 Å². The van der Waals surface area contributed by atoms with Crippen LogP contribution in [0.2, 0.25) is 0 Å². The number of carbonyl (C=O) groups is 1. The number of urea groups is 1. The molecule has 0 bridgehead atoms. The van der Waals surface area contributed by atoms with Gasteiger partial charge in [0.2, 0.25) is 0 Å². The molecule has 92 valence electrons. The van der Waals surface area contributed by atoms with Crippen LogP contribution < -0.4 is 5.32 Å². The first-order chi connectivity index (χ1) is 7.76. The van der Waals surface area contributed by atoms with E-state index in [1.54, 1.807) is 0 Å². The molecule has 4 heteroatoms. The van der Waals surface area contributed by atoms with Crippen LogP contribution >= 0.6 is 11.8 Å². The molecule has 1 N–H and O–H groups in total. The molecule has 0 aromatic heterocycles. The summed E-state index contributed by atoms with van der Waals surface area (Å²) in [6.07, 6.45) is 9.88. The summed E-state index contributed by atoms with van der Waals surface area (Å²) in [7, 11) is 0. The molecular formula is C12H22N2OS. The second kappa shape index (κ2) is 5.30. The van der Waals surface area contributed by atoms with E-state index in [1.165, 1.54) is 32.1 Å². The minimum Gasteiger partial charge on any atom is -0.338 e. The van der Waals surface area contributed by atoms with Gasteiger partial charge in [-0.3, -0.25) is 0 Å². The average Bonchev–Trinajstić information content (AvgIpc) is 2.33. The molecule has 0 aromatic carbocycles. The molecule has 3 nitrogen and oxygen atoms in total. The quantitative estimate of drug-likeness (QED) is 0.824. The van der Waals surface area contributed by atoms with E-state index in [0.717, 1.165) is 26.1 Å². The van der Waals surface area contributed by atoms with E-state index in [0.29, 0.717) is 4.75 Å². The summed E-state index contributed by atoms with van der Waals surface area (Å²) in [6.45, 7) is 2.73. The molecule has 1 aliphatic carbocycles. The molecule has 0 atom stereocenters.